The van der Waals surface area contributed by atoms with Gasteiger partial charge in [-0.2, -0.15) is 0 Å². The number of carbonyl (C=O) groups is 1. The fraction of sp³-hybridized carbons (Fsp3) is 0.167. The number of nitrogens with one attached hydrogen (secondary N) is 1. The van der Waals surface area contributed by atoms with Gasteiger partial charge in [-0.15, -0.1) is 0 Å². The highest BCUT2D eigenvalue weighted by atomic mass is 32.2. The maximum atomic E-state index is 13.8. The monoisotopic (exact) mass is 498 g/mol. The van der Waals surface area contributed by atoms with Gasteiger partial charge in [0.1, 0.15) is 6.54 Å². The Morgan fingerprint density at radius 2 is 1.28 bits per heavy atom. The number of amides is 1. The molecule has 0 unspecified atom stereocenters. The molecule has 1 amide bonds. The highest BCUT2D eigenvalue weighted by Crippen LogP contribution is 2.29. The van der Waals surface area contributed by atoms with Gasteiger partial charge in [-0.3, -0.25) is 9.10 Å². The highest BCUT2D eigenvalue weighted by Gasteiger charge is 2.29. The second kappa shape index (κ2) is 10.8. The van der Waals surface area contributed by atoms with Crippen molar-refractivity contribution >= 4 is 21.6 Å². The average Bonchev–Trinajstić information content (AvgIpc) is 2.88. The van der Waals surface area contributed by atoms with Crippen LogP contribution < -0.4 is 9.62 Å². The normalized spacial score (nSPS) is 11.3. The van der Waals surface area contributed by atoms with Gasteiger partial charge in [0.15, 0.2) is 0 Å². The van der Waals surface area contributed by atoms with Gasteiger partial charge in [0, 0.05) is 0 Å². The SMILES string of the molecule is Cc1ccc(S(=O)(=O)N(CC(=O)NC(c2ccccc2)c2ccccc2)c2cc(C)ccc2C)cc1. The molecule has 0 atom stereocenters. The molecule has 184 valence electrons. The molecule has 0 aliphatic carbocycles. The minimum Gasteiger partial charge on any atom is -0.344 e. The zero-order chi connectivity index (χ0) is 25.7. The fourth-order valence-corrected chi connectivity index (χ4v) is 5.59. The van der Waals surface area contributed by atoms with Gasteiger partial charge in [-0.1, -0.05) is 90.5 Å². The molecule has 4 rings (SSSR count). The van der Waals surface area contributed by atoms with E-state index in [1.807, 2.05) is 93.6 Å². The lowest BCUT2D eigenvalue weighted by Gasteiger charge is -2.27. The second-order valence-electron chi connectivity index (χ2n) is 8.94. The van der Waals surface area contributed by atoms with E-state index in [2.05, 4.69) is 5.32 Å². The summed E-state index contributed by atoms with van der Waals surface area (Å²) in [5.41, 5.74) is 4.95. The van der Waals surface area contributed by atoms with Gasteiger partial charge in [0.25, 0.3) is 10.0 Å². The number of carbonyl (C=O) groups excluding carboxylic acids is 1. The molecule has 0 aliphatic heterocycles. The molecular formula is C30H30N2O3S. The molecule has 0 saturated heterocycles. The zero-order valence-electron chi connectivity index (χ0n) is 20.7. The Hall–Kier alpha value is -3.90. The Labute approximate surface area is 213 Å². The van der Waals surface area contributed by atoms with Crippen LogP contribution in [0, 0.1) is 20.8 Å². The van der Waals surface area contributed by atoms with Gasteiger partial charge in [-0.05, 0) is 61.2 Å². The summed E-state index contributed by atoms with van der Waals surface area (Å²) in [6.45, 7) is 5.30. The number of nitrogens with zero attached hydrogens (tertiary/aromatic N) is 1. The number of anilines is 1. The topological polar surface area (TPSA) is 66.5 Å². The van der Waals surface area contributed by atoms with Crippen LogP contribution >= 0.6 is 0 Å². The third kappa shape index (κ3) is 5.66. The first kappa shape index (κ1) is 25.2. The van der Waals surface area contributed by atoms with E-state index in [-0.39, 0.29) is 11.4 Å². The number of hydrogen-bond acceptors (Lipinski definition) is 3. The minimum atomic E-state index is -4.00. The standard InChI is InChI=1S/C30H30N2O3S/c1-22-15-18-27(19-16-22)36(34,35)32(28-20-23(2)14-17-24(28)3)21-29(33)31-30(25-10-6-4-7-11-25)26-12-8-5-9-13-26/h4-20,30H,21H2,1-3H3,(H,31,33). The second-order valence-corrected chi connectivity index (χ2v) is 10.8. The van der Waals surface area contributed by atoms with Crippen molar-refractivity contribution in [1.82, 2.24) is 5.32 Å². The molecule has 4 aromatic rings. The van der Waals surface area contributed by atoms with Gasteiger partial charge in [-0.25, -0.2) is 8.42 Å². The van der Waals surface area contributed by atoms with Gasteiger partial charge < -0.3 is 5.32 Å². The van der Waals surface area contributed by atoms with E-state index >= 15 is 0 Å². The van der Waals surface area contributed by atoms with E-state index in [9.17, 15) is 13.2 Å². The number of rotatable bonds is 8. The maximum Gasteiger partial charge on any atom is 0.264 e. The Balaban J connectivity index is 1.71. The lowest BCUT2D eigenvalue weighted by atomic mass is 9.99. The number of benzene rings is 4. The lowest BCUT2D eigenvalue weighted by molar-refractivity contribution is -0.120. The van der Waals surface area contributed by atoms with Gasteiger partial charge in [0.05, 0.1) is 16.6 Å². The summed E-state index contributed by atoms with van der Waals surface area (Å²) in [4.78, 5) is 13.6. The van der Waals surface area contributed by atoms with Crippen LogP contribution in [0.2, 0.25) is 0 Å². The third-order valence-electron chi connectivity index (χ3n) is 6.10. The van der Waals surface area contributed by atoms with E-state index in [1.54, 1.807) is 30.3 Å². The molecule has 0 aromatic heterocycles. The molecule has 6 heteroatoms. The lowest BCUT2D eigenvalue weighted by Crippen LogP contribution is -2.42. The van der Waals surface area contributed by atoms with Crippen LogP contribution in [0.1, 0.15) is 33.9 Å². The summed E-state index contributed by atoms with van der Waals surface area (Å²) in [7, 11) is -4.00. The van der Waals surface area contributed by atoms with Crippen molar-refractivity contribution < 1.29 is 13.2 Å². The van der Waals surface area contributed by atoms with Crippen LogP contribution in [0.15, 0.2) is 108 Å². The highest BCUT2D eigenvalue weighted by molar-refractivity contribution is 7.92. The molecule has 36 heavy (non-hydrogen) atoms. The minimum absolute atomic E-state index is 0.143. The molecule has 5 nitrogen and oxygen atoms in total. The van der Waals surface area contributed by atoms with E-state index in [1.165, 1.54) is 4.31 Å². The van der Waals surface area contributed by atoms with E-state index in [4.69, 9.17) is 0 Å². The molecule has 0 aliphatic rings. The van der Waals surface area contributed by atoms with Crippen molar-refractivity contribution in [3.8, 4) is 0 Å². The smallest absolute Gasteiger partial charge is 0.264 e. The quantitative estimate of drug-likeness (QED) is 0.338. The van der Waals surface area contributed by atoms with Gasteiger partial charge >= 0.3 is 0 Å². The van der Waals surface area contributed by atoms with E-state index in [0.717, 1.165) is 27.8 Å². The molecule has 0 heterocycles. The summed E-state index contributed by atoms with van der Waals surface area (Å²) in [6.07, 6.45) is 0. The summed E-state index contributed by atoms with van der Waals surface area (Å²) >= 11 is 0. The van der Waals surface area contributed by atoms with Crippen molar-refractivity contribution in [2.45, 2.75) is 31.7 Å². The van der Waals surface area contributed by atoms with Crippen LogP contribution in [0.5, 0.6) is 0 Å². The molecule has 0 spiro atoms. The fourth-order valence-electron chi connectivity index (χ4n) is 4.11. The van der Waals surface area contributed by atoms with Crippen molar-refractivity contribution in [2.24, 2.45) is 0 Å². The van der Waals surface area contributed by atoms with Crippen LogP contribution in [0.4, 0.5) is 5.69 Å². The summed E-state index contributed by atoms with van der Waals surface area (Å²) in [6, 6.07) is 31.2. The Bertz CT molecular complexity index is 1400. The summed E-state index contributed by atoms with van der Waals surface area (Å²) < 4.78 is 28.8. The van der Waals surface area contributed by atoms with Crippen molar-refractivity contribution in [3.05, 3.63) is 131 Å². The molecule has 0 radical (unpaired) electrons. The number of aryl methyl sites for hydroxylation is 3. The first-order chi connectivity index (χ1) is 17.3. The van der Waals surface area contributed by atoms with Crippen LogP contribution in [0.25, 0.3) is 0 Å². The zero-order valence-corrected chi connectivity index (χ0v) is 21.5. The van der Waals surface area contributed by atoms with Crippen LogP contribution in [-0.2, 0) is 14.8 Å². The summed E-state index contributed by atoms with van der Waals surface area (Å²) in [5.74, 6) is -0.399. The first-order valence-electron chi connectivity index (χ1n) is 11.8. The predicted molar refractivity (Wildman–Crippen MR) is 144 cm³/mol. The third-order valence-corrected chi connectivity index (χ3v) is 7.87. The van der Waals surface area contributed by atoms with E-state index < -0.39 is 22.0 Å². The Kier molecular flexibility index (Phi) is 7.55. The van der Waals surface area contributed by atoms with Crippen LogP contribution in [-0.4, -0.2) is 20.9 Å². The molecule has 1 N–H and O–H groups in total. The van der Waals surface area contributed by atoms with Crippen LogP contribution in [0.3, 0.4) is 0 Å². The predicted octanol–water partition coefficient (Wildman–Crippen LogP) is 5.71. The molecule has 0 fully saturated rings. The van der Waals surface area contributed by atoms with Crippen molar-refractivity contribution in [3.63, 3.8) is 0 Å². The summed E-state index contributed by atoms with van der Waals surface area (Å²) in [5, 5.41) is 3.07. The molecule has 0 bridgehead atoms. The molecular weight excluding hydrogens is 468 g/mol. The first-order valence-corrected chi connectivity index (χ1v) is 13.3. The number of sulfonamides is 1. The Morgan fingerprint density at radius 3 is 1.83 bits per heavy atom. The van der Waals surface area contributed by atoms with Crippen molar-refractivity contribution in [1.29, 1.82) is 0 Å². The molecule has 4 aromatic carbocycles. The van der Waals surface area contributed by atoms with E-state index in [0.29, 0.717) is 5.69 Å². The molecule has 0 saturated carbocycles. The maximum absolute atomic E-state index is 13.8. The number of hydrogen-bond donors (Lipinski definition) is 1. The van der Waals surface area contributed by atoms with Gasteiger partial charge in [0.2, 0.25) is 5.91 Å². The van der Waals surface area contributed by atoms with Crippen molar-refractivity contribution in [2.75, 3.05) is 10.8 Å². The largest absolute Gasteiger partial charge is 0.344 e. The Morgan fingerprint density at radius 1 is 0.750 bits per heavy atom. The average molecular weight is 499 g/mol.